The first-order valence-corrected chi connectivity index (χ1v) is 10.9. The van der Waals surface area contributed by atoms with Gasteiger partial charge in [-0.05, 0) is 68.7 Å². The molecule has 0 aromatic heterocycles. The topological polar surface area (TPSA) is 35.6 Å². The molecule has 1 aliphatic carbocycles. The van der Waals surface area contributed by atoms with Gasteiger partial charge in [-0.3, -0.25) is 4.79 Å². The van der Waals surface area contributed by atoms with Gasteiger partial charge in [-0.2, -0.15) is 0 Å². The maximum Gasteiger partial charge on any atom is 0.223 e. The Labute approximate surface area is 164 Å². The second-order valence-corrected chi connectivity index (χ2v) is 9.07. The third-order valence-corrected chi connectivity index (χ3v) is 6.77. The van der Waals surface area contributed by atoms with Crippen molar-refractivity contribution in [1.82, 2.24) is 10.2 Å². The second-order valence-electron chi connectivity index (χ2n) is 9.07. The van der Waals surface area contributed by atoms with E-state index in [9.17, 15) is 4.79 Å². The Balaban J connectivity index is 1.22. The number of anilines is 1. The molecular formula is C23H35N3O. The molecule has 0 unspecified atom stereocenters. The summed E-state index contributed by atoms with van der Waals surface area (Å²) in [4.78, 5) is 17.1. The number of carbonyl (C=O) groups is 1. The van der Waals surface area contributed by atoms with Crippen LogP contribution in [0, 0.1) is 19.8 Å². The molecule has 1 atom stereocenters. The van der Waals surface area contributed by atoms with Crippen molar-refractivity contribution < 1.29 is 4.79 Å². The lowest BCUT2D eigenvalue weighted by atomic mass is 10.0. The number of hydrogen-bond donors (Lipinski definition) is 1. The minimum Gasteiger partial charge on any atom is -0.371 e. The normalized spacial score (nSPS) is 25.0. The van der Waals surface area contributed by atoms with Crippen LogP contribution in [0.25, 0.3) is 0 Å². The minimum absolute atomic E-state index is 0.401. The van der Waals surface area contributed by atoms with E-state index < -0.39 is 0 Å². The third-order valence-electron chi connectivity index (χ3n) is 6.77. The zero-order chi connectivity index (χ0) is 18.8. The molecule has 2 heterocycles. The van der Waals surface area contributed by atoms with Gasteiger partial charge in [0.1, 0.15) is 0 Å². The fourth-order valence-electron chi connectivity index (χ4n) is 5.32. The van der Waals surface area contributed by atoms with Gasteiger partial charge >= 0.3 is 0 Å². The van der Waals surface area contributed by atoms with Crippen molar-refractivity contribution in [2.45, 2.75) is 70.9 Å². The number of benzene rings is 1. The van der Waals surface area contributed by atoms with Crippen LogP contribution in [-0.2, 0) is 4.79 Å². The molecule has 4 heteroatoms. The molecule has 4 nitrogen and oxygen atoms in total. The summed E-state index contributed by atoms with van der Waals surface area (Å²) in [7, 11) is 0. The van der Waals surface area contributed by atoms with E-state index in [1.54, 1.807) is 0 Å². The largest absolute Gasteiger partial charge is 0.371 e. The van der Waals surface area contributed by atoms with Gasteiger partial charge in [-0.15, -0.1) is 0 Å². The fourth-order valence-corrected chi connectivity index (χ4v) is 5.32. The molecule has 1 N–H and O–H groups in total. The van der Waals surface area contributed by atoms with Crippen molar-refractivity contribution in [2.24, 2.45) is 5.92 Å². The maximum absolute atomic E-state index is 12.4. The van der Waals surface area contributed by atoms with Crippen molar-refractivity contribution in [3.8, 4) is 0 Å². The van der Waals surface area contributed by atoms with E-state index in [0.717, 1.165) is 32.6 Å². The van der Waals surface area contributed by atoms with Gasteiger partial charge in [0, 0.05) is 50.4 Å². The van der Waals surface area contributed by atoms with Crippen LogP contribution in [0.2, 0.25) is 0 Å². The molecule has 1 aromatic carbocycles. The first-order chi connectivity index (χ1) is 13.1. The first kappa shape index (κ1) is 18.8. The monoisotopic (exact) mass is 369 g/mol. The Bertz CT molecular complexity index is 639. The van der Waals surface area contributed by atoms with Gasteiger partial charge in [-0.1, -0.05) is 18.9 Å². The Morgan fingerprint density at radius 3 is 2.33 bits per heavy atom. The van der Waals surface area contributed by atoms with E-state index >= 15 is 0 Å². The summed E-state index contributed by atoms with van der Waals surface area (Å²) >= 11 is 0. The van der Waals surface area contributed by atoms with Crippen molar-refractivity contribution in [3.63, 3.8) is 0 Å². The van der Waals surface area contributed by atoms with E-state index in [0.29, 0.717) is 23.9 Å². The molecule has 2 aliphatic heterocycles. The third kappa shape index (κ3) is 4.48. The van der Waals surface area contributed by atoms with Crippen LogP contribution in [0.5, 0.6) is 0 Å². The predicted octanol–water partition coefficient (Wildman–Crippen LogP) is 3.65. The highest BCUT2D eigenvalue weighted by Gasteiger charge is 2.35. The highest BCUT2D eigenvalue weighted by Crippen LogP contribution is 2.29. The van der Waals surface area contributed by atoms with Crippen molar-refractivity contribution in [2.75, 3.05) is 31.1 Å². The second kappa shape index (κ2) is 8.22. The summed E-state index contributed by atoms with van der Waals surface area (Å²) in [5.74, 6) is 0.911. The number of carbonyl (C=O) groups excluding carboxylic acids is 1. The van der Waals surface area contributed by atoms with Gasteiger partial charge in [0.15, 0.2) is 0 Å². The molecule has 4 rings (SSSR count). The Morgan fingerprint density at radius 2 is 1.67 bits per heavy atom. The quantitative estimate of drug-likeness (QED) is 0.860. The van der Waals surface area contributed by atoms with Crippen molar-refractivity contribution in [3.05, 3.63) is 29.3 Å². The lowest BCUT2D eigenvalue weighted by Gasteiger charge is -2.35. The van der Waals surface area contributed by atoms with Crippen LogP contribution in [-0.4, -0.2) is 49.1 Å². The lowest BCUT2D eigenvalue weighted by molar-refractivity contribution is -0.129. The van der Waals surface area contributed by atoms with Gasteiger partial charge in [0.2, 0.25) is 5.91 Å². The molecule has 0 radical (unpaired) electrons. The summed E-state index contributed by atoms with van der Waals surface area (Å²) in [6.07, 6.45) is 8.20. The zero-order valence-corrected chi connectivity index (χ0v) is 17.0. The highest BCUT2D eigenvalue weighted by molar-refractivity contribution is 5.79. The average Bonchev–Trinajstić information content (AvgIpc) is 3.29. The molecule has 3 fully saturated rings. The zero-order valence-electron chi connectivity index (χ0n) is 17.0. The number of likely N-dealkylation sites (tertiary alicyclic amines) is 1. The predicted molar refractivity (Wildman–Crippen MR) is 111 cm³/mol. The Morgan fingerprint density at radius 1 is 1.00 bits per heavy atom. The van der Waals surface area contributed by atoms with Gasteiger partial charge in [0.05, 0.1) is 0 Å². The fraction of sp³-hybridized carbons (Fsp3) is 0.696. The number of nitrogens with one attached hydrogen (secondary N) is 1. The SMILES string of the molecule is Cc1cc(C)cc(N2CCC(NC[C@H]3CC(=O)N(C4CCCC4)C3)CC2)c1. The number of piperidine rings is 1. The summed E-state index contributed by atoms with van der Waals surface area (Å²) in [5, 5.41) is 3.78. The number of nitrogens with zero attached hydrogens (tertiary/aromatic N) is 2. The minimum atomic E-state index is 0.401. The van der Waals surface area contributed by atoms with E-state index in [2.05, 4.69) is 47.2 Å². The molecule has 0 spiro atoms. The standard InChI is InChI=1S/C23H35N3O/c1-17-11-18(2)13-22(12-17)25-9-7-20(8-10-25)24-15-19-14-23(27)26(16-19)21-5-3-4-6-21/h11-13,19-21,24H,3-10,14-16H2,1-2H3/t19-/m1/s1. The Kier molecular flexibility index (Phi) is 5.72. The highest BCUT2D eigenvalue weighted by atomic mass is 16.2. The van der Waals surface area contributed by atoms with E-state index in [-0.39, 0.29) is 0 Å². The molecule has 1 saturated carbocycles. The maximum atomic E-state index is 12.4. The molecule has 3 aliphatic rings. The number of amides is 1. The van der Waals surface area contributed by atoms with Crippen LogP contribution < -0.4 is 10.2 Å². The molecule has 2 saturated heterocycles. The summed E-state index contributed by atoms with van der Waals surface area (Å²) < 4.78 is 0. The molecule has 27 heavy (non-hydrogen) atoms. The summed E-state index contributed by atoms with van der Waals surface area (Å²) in [6.45, 7) is 8.60. The molecule has 148 valence electrons. The average molecular weight is 370 g/mol. The van der Waals surface area contributed by atoms with E-state index in [1.807, 2.05) is 0 Å². The van der Waals surface area contributed by atoms with Crippen molar-refractivity contribution >= 4 is 11.6 Å². The van der Waals surface area contributed by atoms with Crippen LogP contribution >= 0.6 is 0 Å². The van der Waals surface area contributed by atoms with Crippen LogP contribution in [0.15, 0.2) is 18.2 Å². The van der Waals surface area contributed by atoms with Crippen molar-refractivity contribution in [1.29, 1.82) is 0 Å². The van der Waals surface area contributed by atoms with E-state index in [4.69, 9.17) is 0 Å². The molecular weight excluding hydrogens is 334 g/mol. The van der Waals surface area contributed by atoms with E-state index in [1.165, 1.54) is 55.3 Å². The summed E-state index contributed by atoms with van der Waals surface area (Å²) in [6, 6.07) is 8.01. The first-order valence-electron chi connectivity index (χ1n) is 10.9. The number of rotatable bonds is 5. The van der Waals surface area contributed by atoms with Crippen LogP contribution in [0.4, 0.5) is 5.69 Å². The lowest BCUT2D eigenvalue weighted by Crippen LogP contribution is -2.44. The van der Waals surface area contributed by atoms with Crippen LogP contribution in [0.3, 0.4) is 0 Å². The smallest absolute Gasteiger partial charge is 0.223 e. The summed E-state index contributed by atoms with van der Waals surface area (Å²) in [5.41, 5.74) is 4.07. The molecule has 0 bridgehead atoms. The Hall–Kier alpha value is -1.55. The van der Waals surface area contributed by atoms with Gasteiger partial charge in [0.25, 0.3) is 0 Å². The van der Waals surface area contributed by atoms with Crippen LogP contribution in [0.1, 0.15) is 56.1 Å². The van der Waals surface area contributed by atoms with Gasteiger partial charge < -0.3 is 15.1 Å². The molecule has 1 aromatic rings. The molecule has 1 amide bonds. The van der Waals surface area contributed by atoms with Gasteiger partial charge in [-0.25, -0.2) is 0 Å². The number of hydrogen-bond acceptors (Lipinski definition) is 3. The number of aryl methyl sites for hydroxylation is 2.